The molecule has 0 amide bonds. The van der Waals surface area contributed by atoms with Gasteiger partial charge in [0.1, 0.15) is 0 Å². The van der Waals surface area contributed by atoms with Crippen molar-refractivity contribution in [1.82, 2.24) is 9.55 Å². The van der Waals surface area contributed by atoms with Crippen molar-refractivity contribution in [2.24, 2.45) is 5.92 Å². The Morgan fingerprint density at radius 2 is 2.19 bits per heavy atom. The van der Waals surface area contributed by atoms with Gasteiger partial charge in [0.2, 0.25) is 0 Å². The molecule has 1 aliphatic rings. The van der Waals surface area contributed by atoms with Gasteiger partial charge in [-0.3, -0.25) is 4.79 Å². The first-order valence-corrected chi connectivity index (χ1v) is 8.92. The number of nitrogens with zero attached hydrogens (tertiary/aromatic N) is 2. The third-order valence-electron chi connectivity index (χ3n) is 3.92. The molecule has 112 valence electrons. The Hall–Kier alpha value is -1.01. The van der Waals surface area contributed by atoms with E-state index in [2.05, 4.69) is 31.5 Å². The molecule has 3 rings (SSSR count). The van der Waals surface area contributed by atoms with Gasteiger partial charge in [-0.25, -0.2) is 4.98 Å². The molecular weight excluding hydrogens is 352 g/mol. The minimum Gasteiger partial charge on any atom is -0.481 e. The van der Waals surface area contributed by atoms with E-state index in [-0.39, 0.29) is 5.75 Å². The van der Waals surface area contributed by atoms with Crippen molar-refractivity contribution in [2.75, 3.05) is 5.75 Å². The van der Waals surface area contributed by atoms with Crippen LogP contribution in [0.5, 0.6) is 0 Å². The maximum atomic E-state index is 10.8. The van der Waals surface area contributed by atoms with Crippen LogP contribution in [-0.2, 0) is 11.3 Å². The van der Waals surface area contributed by atoms with Crippen molar-refractivity contribution in [2.45, 2.75) is 37.4 Å². The van der Waals surface area contributed by atoms with Crippen LogP contribution in [-0.4, -0.2) is 26.4 Å². The molecule has 1 aromatic carbocycles. The number of benzene rings is 1. The van der Waals surface area contributed by atoms with Crippen molar-refractivity contribution in [3.8, 4) is 0 Å². The number of aromatic nitrogens is 2. The summed E-state index contributed by atoms with van der Waals surface area (Å²) in [5.41, 5.74) is 2.02. The minimum atomic E-state index is -0.805. The summed E-state index contributed by atoms with van der Waals surface area (Å²) in [5.74, 6) is -0.0642. The molecule has 1 N–H and O–H groups in total. The third-order valence-corrected chi connectivity index (χ3v) is 5.37. The van der Waals surface area contributed by atoms with Gasteiger partial charge >= 0.3 is 5.97 Å². The first kappa shape index (κ1) is 14.9. The van der Waals surface area contributed by atoms with Gasteiger partial charge in [-0.15, -0.1) is 0 Å². The number of rotatable bonds is 5. The maximum Gasteiger partial charge on any atom is 0.313 e. The van der Waals surface area contributed by atoms with E-state index in [0.717, 1.165) is 27.2 Å². The molecule has 0 spiro atoms. The van der Waals surface area contributed by atoms with E-state index in [9.17, 15) is 4.79 Å². The molecule has 1 fully saturated rings. The van der Waals surface area contributed by atoms with Crippen LogP contribution in [0.25, 0.3) is 11.0 Å². The number of hydrogen-bond donors (Lipinski definition) is 1. The number of carboxylic acids is 1. The maximum absolute atomic E-state index is 10.8. The Morgan fingerprint density at radius 3 is 2.90 bits per heavy atom. The van der Waals surface area contributed by atoms with Crippen LogP contribution in [0.1, 0.15) is 25.7 Å². The van der Waals surface area contributed by atoms with E-state index >= 15 is 0 Å². The minimum absolute atomic E-state index is 0.0508. The molecule has 0 unspecified atom stereocenters. The molecule has 1 aliphatic carbocycles. The molecule has 6 heteroatoms. The zero-order valence-electron chi connectivity index (χ0n) is 11.6. The lowest BCUT2D eigenvalue weighted by atomic mass is 10.1. The van der Waals surface area contributed by atoms with E-state index in [1.807, 2.05) is 12.1 Å². The molecule has 0 bridgehead atoms. The zero-order chi connectivity index (χ0) is 14.8. The number of thioether (sulfide) groups is 1. The van der Waals surface area contributed by atoms with E-state index < -0.39 is 5.97 Å². The Morgan fingerprint density at radius 1 is 1.43 bits per heavy atom. The van der Waals surface area contributed by atoms with Crippen LogP contribution in [0, 0.1) is 5.92 Å². The zero-order valence-corrected chi connectivity index (χ0v) is 14.0. The fraction of sp³-hybridized carbons (Fsp3) is 0.467. The van der Waals surface area contributed by atoms with Crippen molar-refractivity contribution < 1.29 is 9.90 Å². The van der Waals surface area contributed by atoms with Crippen LogP contribution in [0.4, 0.5) is 0 Å². The lowest BCUT2D eigenvalue weighted by Crippen LogP contribution is -2.09. The van der Waals surface area contributed by atoms with Crippen molar-refractivity contribution in [3.63, 3.8) is 0 Å². The molecule has 1 aromatic heterocycles. The molecular formula is C15H17BrN2O2S. The Kier molecular flexibility index (Phi) is 4.54. The van der Waals surface area contributed by atoms with E-state index in [4.69, 9.17) is 5.11 Å². The fourth-order valence-corrected chi connectivity index (χ4v) is 4.04. The van der Waals surface area contributed by atoms with Gasteiger partial charge in [-0.05, 0) is 37.0 Å². The van der Waals surface area contributed by atoms with Gasteiger partial charge in [-0.1, -0.05) is 40.5 Å². The third kappa shape index (κ3) is 3.43. The standard InChI is InChI=1S/C15H17BrN2O2S/c16-11-5-6-13-12(7-11)17-15(21-9-14(19)20)18(13)8-10-3-1-2-4-10/h5-7,10H,1-4,8-9H2,(H,19,20). The smallest absolute Gasteiger partial charge is 0.313 e. The topological polar surface area (TPSA) is 55.1 Å². The van der Waals surface area contributed by atoms with Gasteiger partial charge in [-0.2, -0.15) is 0 Å². The van der Waals surface area contributed by atoms with Gasteiger partial charge in [0.15, 0.2) is 5.16 Å². The van der Waals surface area contributed by atoms with Gasteiger partial charge in [0.25, 0.3) is 0 Å². The number of carbonyl (C=O) groups is 1. The van der Waals surface area contributed by atoms with E-state index in [1.54, 1.807) is 0 Å². The second-order valence-electron chi connectivity index (χ2n) is 5.47. The van der Waals surface area contributed by atoms with Gasteiger partial charge in [0, 0.05) is 11.0 Å². The molecule has 1 saturated carbocycles. The molecule has 4 nitrogen and oxygen atoms in total. The Balaban J connectivity index is 1.95. The van der Waals surface area contributed by atoms with E-state index in [0.29, 0.717) is 5.92 Å². The van der Waals surface area contributed by atoms with Gasteiger partial charge < -0.3 is 9.67 Å². The SMILES string of the molecule is O=C(O)CSc1nc2cc(Br)ccc2n1CC1CCCC1. The molecule has 0 radical (unpaired) electrons. The van der Waals surface area contributed by atoms with Crippen molar-refractivity contribution in [1.29, 1.82) is 0 Å². The fourth-order valence-electron chi connectivity index (χ4n) is 2.94. The van der Waals surface area contributed by atoms with Gasteiger partial charge in [0.05, 0.1) is 16.8 Å². The average Bonchev–Trinajstić information content (AvgIpc) is 3.05. The number of halogens is 1. The molecule has 0 aliphatic heterocycles. The second kappa shape index (κ2) is 6.40. The monoisotopic (exact) mass is 368 g/mol. The van der Waals surface area contributed by atoms with Crippen molar-refractivity contribution >= 4 is 44.7 Å². The van der Waals surface area contributed by atoms with Crippen LogP contribution in [0.15, 0.2) is 27.8 Å². The summed E-state index contributed by atoms with van der Waals surface area (Å²) in [5, 5.41) is 9.72. The van der Waals surface area contributed by atoms with Crippen LogP contribution in [0.2, 0.25) is 0 Å². The van der Waals surface area contributed by atoms with Crippen molar-refractivity contribution in [3.05, 3.63) is 22.7 Å². The highest BCUT2D eigenvalue weighted by molar-refractivity contribution is 9.10. The summed E-state index contributed by atoms with van der Waals surface area (Å²) < 4.78 is 3.20. The lowest BCUT2D eigenvalue weighted by Gasteiger charge is -2.13. The normalized spacial score (nSPS) is 15.9. The lowest BCUT2D eigenvalue weighted by molar-refractivity contribution is -0.133. The highest BCUT2D eigenvalue weighted by atomic mass is 79.9. The summed E-state index contributed by atoms with van der Waals surface area (Å²) >= 11 is 4.77. The van der Waals surface area contributed by atoms with E-state index in [1.165, 1.54) is 37.4 Å². The average molecular weight is 369 g/mol. The first-order valence-electron chi connectivity index (χ1n) is 7.14. The number of hydrogen-bond acceptors (Lipinski definition) is 3. The second-order valence-corrected chi connectivity index (χ2v) is 7.33. The highest BCUT2D eigenvalue weighted by Crippen LogP contribution is 2.31. The summed E-state index contributed by atoms with van der Waals surface area (Å²) in [6.45, 7) is 0.945. The molecule has 2 aromatic rings. The quantitative estimate of drug-likeness (QED) is 0.804. The predicted molar refractivity (Wildman–Crippen MR) is 87.8 cm³/mol. The Labute approximate surface area is 136 Å². The summed E-state index contributed by atoms with van der Waals surface area (Å²) in [7, 11) is 0. The summed E-state index contributed by atoms with van der Waals surface area (Å²) in [6, 6.07) is 6.07. The van der Waals surface area contributed by atoms with Crippen LogP contribution < -0.4 is 0 Å². The largest absolute Gasteiger partial charge is 0.481 e. The Bertz CT molecular complexity index is 665. The number of carboxylic acid groups (broad SMARTS) is 1. The highest BCUT2D eigenvalue weighted by Gasteiger charge is 2.20. The van der Waals surface area contributed by atoms with Crippen LogP contribution in [0.3, 0.4) is 0 Å². The molecule has 21 heavy (non-hydrogen) atoms. The number of aliphatic carboxylic acids is 1. The number of fused-ring (bicyclic) bond motifs is 1. The summed E-state index contributed by atoms with van der Waals surface area (Å²) in [6.07, 6.45) is 5.14. The summed E-state index contributed by atoms with van der Waals surface area (Å²) in [4.78, 5) is 15.5. The molecule has 1 heterocycles. The molecule has 0 saturated heterocycles. The molecule has 0 atom stereocenters. The van der Waals surface area contributed by atoms with Crippen LogP contribution >= 0.6 is 27.7 Å². The predicted octanol–water partition coefficient (Wildman–Crippen LogP) is 4.17. The number of imidazole rings is 1. The first-order chi connectivity index (χ1) is 10.1.